The van der Waals surface area contributed by atoms with Crippen LogP contribution in [-0.2, 0) is 0 Å². The lowest BCUT2D eigenvalue weighted by Crippen LogP contribution is -2.12. The number of rotatable bonds is 4. The molecule has 2 aromatic carbocycles. The van der Waals surface area contributed by atoms with Gasteiger partial charge in [0.25, 0.3) is 5.91 Å². The van der Waals surface area contributed by atoms with Gasteiger partial charge < -0.3 is 4.42 Å². The second-order valence-corrected chi connectivity index (χ2v) is 7.03. The Labute approximate surface area is 160 Å². The number of hydrogen-bond acceptors (Lipinski definition) is 5. The number of hydrogen-bond donors (Lipinski definition) is 1. The lowest BCUT2D eigenvalue weighted by Gasteiger charge is -2.06. The molecule has 27 heavy (non-hydrogen) atoms. The molecule has 0 saturated carbocycles. The molecule has 3 aromatic rings. The molecule has 0 spiro atoms. The van der Waals surface area contributed by atoms with E-state index in [0.29, 0.717) is 10.6 Å². The van der Waals surface area contributed by atoms with Gasteiger partial charge in [-0.05, 0) is 66.7 Å². The second kappa shape index (κ2) is 7.61. The van der Waals surface area contributed by atoms with Crippen LogP contribution in [-0.4, -0.2) is 21.6 Å². The molecule has 0 bridgehead atoms. The first-order valence-corrected chi connectivity index (χ1v) is 8.67. The minimum absolute atomic E-state index is 0.0181. The summed E-state index contributed by atoms with van der Waals surface area (Å²) in [5.41, 5.74) is -2.73. The van der Waals surface area contributed by atoms with Gasteiger partial charge in [-0.25, -0.2) is 0 Å². The second-order valence-electron chi connectivity index (χ2n) is 5.46. The van der Waals surface area contributed by atoms with Gasteiger partial charge in [-0.2, -0.15) is 13.2 Å². The Morgan fingerprint density at radius 3 is 2.48 bits per heavy atom. The van der Waals surface area contributed by atoms with Gasteiger partial charge in [0, 0.05) is 21.0 Å². The number of aryl methyl sites for hydroxylation is 1. The number of carbonyl (C=O) groups is 1. The monoisotopic (exact) mass is 413 g/mol. The summed E-state index contributed by atoms with van der Waals surface area (Å²) in [6, 6.07) is 10.0. The number of aromatic nitrogens is 2. The van der Waals surface area contributed by atoms with Gasteiger partial charge in [0.2, 0.25) is 5.89 Å². The number of anilines is 1. The highest BCUT2D eigenvalue weighted by molar-refractivity contribution is 8.00. The Bertz CT molecular complexity index is 954. The molecule has 140 valence electrons. The van der Waals surface area contributed by atoms with E-state index in [0.717, 1.165) is 5.56 Å². The number of alkyl halides is 3. The minimum Gasteiger partial charge on any atom is -0.403 e. The summed E-state index contributed by atoms with van der Waals surface area (Å²) in [5.74, 6) is -0.413. The fourth-order valence-corrected chi connectivity index (χ4v) is 3.06. The van der Waals surface area contributed by atoms with Crippen molar-refractivity contribution in [1.29, 1.82) is 0 Å². The number of carbonyl (C=O) groups excluding carboxylic acids is 1. The summed E-state index contributed by atoms with van der Waals surface area (Å²) < 4.78 is 42.4. The maximum absolute atomic E-state index is 12.3. The van der Waals surface area contributed by atoms with Crippen LogP contribution in [0.1, 0.15) is 15.9 Å². The Balaban J connectivity index is 1.70. The molecule has 1 heterocycles. The molecule has 0 atom stereocenters. The topological polar surface area (TPSA) is 68.0 Å². The normalized spacial score (nSPS) is 11.4. The molecule has 10 heteroatoms. The highest BCUT2D eigenvalue weighted by Gasteiger charge is 2.29. The SMILES string of the molecule is Cc1cc(Cl)cc(-c2nnc(NC(=O)c3ccc(SC(F)(F)F)cc3)o2)c1. The third-order valence-electron chi connectivity index (χ3n) is 3.28. The first-order valence-electron chi connectivity index (χ1n) is 7.48. The van der Waals surface area contributed by atoms with Crippen molar-refractivity contribution in [3.05, 3.63) is 58.6 Å². The molecule has 5 nitrogen and oxygen atoms in total. The van der Waals surface area contributed by atoms with Crippen LogP contribution in [0.3, 0.4) is 0 Å². The molecular weight excluding hydrogens is 403 g/mol. The molecule has 0 radical (unpaired) electrons. The fourth-order valence-electron chi connectivity index (χ4n) is 2.23. The molecule has 1 N–H and O–H groups in total. The molecular formula is C17H11ClF3N3O2S. The summed E-state index contributed by atoms with van der Waals surface area (Å²) in [6.45, 7) is 1.86. The summed E-state index contributed by atoms with van der Waals surface area (Å²) >= 11 is 5.74. The molecule has 0 aliphatic carbocycles. The molecule has 0 unspecified atom stereocenters. The Hall–Kier alpha value is -2.52. The first-order chi connectivity index (χ1) is 12.7. The Morgan fingerprint density at radius 1 is 1.15 bits per heavy atom. The summed E-state index contributed by atoms with van der Waals surface area (Å²) in [5, 5.41) is 10.5. The molecule has 1 amide bonds. The fraction of sp³-hybridized carbons (Fsp3) is 0.118. The van der Waals surface area contributed by atoms with Gasteiger partial charge in [0.15, 0.2) is 0 Å². The minimum atomic E-state index is -4.39. The molecule has 1 aromatic heterocycles. The maximum Gasteiger partial charge on any atom is 0.446 e. The van der Waals surface area contributed by atoms with E-state index in [1.807, 2.05) is 6.92 Å². The number of halogens is 4. The van der Waals surface area contributed by atoms with E-state index in [1.54, 1.807) is 18.2 Å². The van der Waals surface area contributed by atoms with Crippen LogP contribution in [0.25, 0.3) is 11.5 Å². The van der Waals surface area contributed by atoms with Crippen molar-refractivity contribution < 1.29 is 22.4 Å². The van der Waals surface area contributed by atoms with Crippen molar-refractivity contribution in [2.24, 2.45) is 0 Å². The predicted molar refractivity (Wildman–Crippen MR) is 95.8 cm³/mol. The van der Waals surface area contributed by atoms with Crippen LogP contribution in [0, 0.1) is 6.92 Å². The standard InChI is InChI=1S/C17H11ClF3N3O2S/c1-9-6-11(8-12(18)7-9)15-23-24-16(26-15)22-14(25)10-2-4-13(5-3-10)27-17(19,20)21/h2-8H,1H3,(H,22,24,25). The number of nitrogens with one attached hydrogen (secondary N) is 1. The van der Waals surface area contributed by atoms with Crippen LogP contribution in [0.2, 0.25) is 5.02 Å². The van der Waals surface area contributed by atoms with Crippen molar-refractivity contribution in [1.82, 2.24) is 10.2 Å². The van der Waals surface area contributed by atoms with Crippen molar-refractivity contribution in [2.45, 2.75) is 17.3 Å². The zero-order valence-electron chi connectivity index (χ0n) is 13.7. The van der Waals surface area contributed by atoms with Gasteiger partial charge in [-0.15, -0.1) is 5.10 Å². The number of nitrogens with zero attached hydrogens (tertiary/aromatic N) is 2. The molecule has 0 saturated heterocycles. The van der Waals surface area contributed by atoms with Crippen LogP contribution in [0.15, 0.2) is 51.8 Å². The lowest BCUT2D eigenvalue weighted by molar-refractivity contribution is -0.0328. The van der Waals surface area contributed by atoms with E-state index >= 15 is 0 Å². The predicted octanol–water partition coefficient (Wildman–Crippen LogP) is 5.56. The lowest BCUT2D eigenvalue weighted by atomic mass is 10.1. The summed E-state index contributed by atoms with van der Waals surface area (Å²) in [4.78, 5) is 12.2. The Morgan fingerprint density at radius 2 is 1.85 bits per heavy atom. The average Bonchev–Trinajstić information content (AvgIpc) is 3.01. The van der Waals surface area contributed by atoms with Crippen LogP contribution >= 0.6 is 23.4 Å². The van der Waals surface area contributed by atoms with E-state index in [4.69, 9.17) is 16.0 Å². The van der Waals surface area contributed by atoms with Crippen molar-refractivity contribution in [3.63, 3.8) is 0 Å². The number of thioether (sulfide) groups is 1. The number of amides is 1. The average molecular weight is 414 g/mol. The third kappa shape index (κ3) is 5.24. The molecule has 0 fully saturated rings. The van der Waals surface area contributed by atoms with Gasteiger partial charge in [-0.1, -0.05) is 16.7 Å². The highest BCUT2D eigenvalue weighted by Crippen LogP contribution is 2.36. The van der Waals surface area contributed by atoms with Gasteiger partial charge in [0.1, 0.15) is 0 Å². The zero-order chi connectivity index (χ0) is 19.6. The van der Waals surface area contributed by atoms with Crippen molar-refractivity contribution >= 4 is 35.3 Å². The summed E-state index contributed by atoms with van der Waals surface area (Å²) in [6.07, 6.45) is 0. The zero-order valence-corrected chi connectivity index (χ0v) is 15.2. The van der Waals surface area contributed by atoms with E-state index in [9.17, 15) is 18.0 Å². The highest BCUT2D eigenvalue weighted by atomic mass is 35.5. The largest absolute Gasteiger partial charge is 0.446 e. The van der Waals surface area contributed by atoms with Gasteiger partial charge >= 0.3 is 11.5 Å². The quantitative estimate of drug-likeness (QED) is 0.567. The number of benzene rings is 2. The van der Waals surface area contributed by atoms with E-state index in [1.165, 1.54) is 24.3 Å². The van der Waals surface area contributed by atoms with Gasteiger partial charge in [0.05, 0.1) is 0 Å². The van der Waals surface area contributed by atoms with Crippen molar-refractivity contribution in [3.8, 4) is 11.5 Å². The molecule has 0 aliphatic rings. The van der Waals surface area contributed by atoms with Gasteiger partial charge in [-0.3, -0.25) is 10.1 Å². The van der Waals surface area contributed by atoms with E-state index < -0.39 is 11.4 Å². The van der Waals surface area contributed by atoms with Crippen LogP contribution in [0.4, 0.5) is 19.2 Å². The third-order valence-corrected chi connectivity index (χ3v) is 4.24. The smallest absolute Gasteiger partial charge is 0.403 e. The molecule has 3 rings (SSSR count). The van der Waals surface area contributed by atoms with Crippen LogP contribution < -0.4 is 5.32 Å². The van der Waals surface area contributed by atoms with Crippen molar-refractivity contribution in [2.75, 3.05) is 5.32 Å². The summed E-state index contributed by atoms with van der Waals surface area (Å²) in [7, 11) is 0. The first kappa shape index (κ1) is 19.2. The van der Waals surface area contributed by atoms with E-state index in [-0.39, 0.29) is 34.1 Å². The molecule has 0 aliphatic heterocycles. The maximum atomic E-state index is 12.3. The van der Waals surface area contributed by atoms with Crippen LogP contribution in [0.5, 0.6) is 0 Å². The Kier molecular flexibility index (Phi) is 5.43. The van der Waals surface area contributed by atoms with E-state index in [2.05, 4.69) is 15.5 Å².